The van der Waals surface area contributed by atoms with E-state index in [4.69, 9.17) is 13.9 Å². The number of benzene rings is 1. The summed E-state index contributed by atoms with van der Waals surface area (Å²) in [6, 6.07) is 6.90. The smallest absolute Gasteiger partial charge is 0.161 e. The number of rotatable bonds is 6. The van der Waals surface area contributed by atoms with Crippen LogP contribution in [0.1, 0.15) is 16.1 Å². The summed E-state index contributed by atoms with van der Waals surface area (Å²) in [6.45, 7) is 0.325. The highest BCUT2D eigenvalue weighted by molar-refractivity contribution is 7.13. The number of thiazole rings is 1. The summed E-state index contributed by atoms with van der Waals surface area (Å²) in [6.07, 6.45) is 4.04. The van der Waals surface area contributed by atoms with Crippen LogP contribution in [0.5, 0.6) is 11.5 Å². The number of furan rings is 1. The van der Waals surface area contributed by atoms with Crippen molar-refractivity contribution in [3.05, 3.63) is 53.4 Å². The number of hydrogen-bond acceptors (Lipinski definition) is 6. The number of nitrogens with zero attached hydrogens (tertiary/aromatic N) is 1. The number of aldehydes is 1. The molecule has 0 saturated carbocycles. The molecule has 3 aromatic rings. The van der Waals surface area contributed by atoms with Crippen molar-refractivity contribution in [3.63, 3.8) is 0 Å². The zero-order valence-electron chi connectivity index (χ0n) is 11.8. The van der Waals surface area contributed by atoms with E-state index in [0.29, 0.717) is 23.7 Å². The second-order valence-corrected chi connectivity index (χ2v) is 5.33. The first-order chi connectivity index (χ1) is 10.8. The van der Waals surface area contributed by atoms with Gasteiger partial charge in [0.05, 0.1) is 19.1 Å². The maximum atomic E-state index is 10.8. The van der Waals surface area contributed by atoms with E-state index >= 15 is 0 Å². The van der Waals surface area contributed by atoms with Crippen molar-refractivity contribution >= 4 is 17.6 Å². The first kappa shape index (κ1) is 14.3. The molecule has 0 aliphatic rings. The predicted octanol–water partition coefficient (Wildman–Crippen LogP) is 3.80. The van der Waals surface area contributed by atoms with Crippen LogP contribution in [0.3, 0.4) is 0 Å². The molecule has 0 aliphatic carbocycles. The van der Waals surface area contributed by atoms with Gasteiger partial charge in [-0.25, -0.2) is 4.98 Å². The lowest BCUT2D eigenvalue weighted by atomic mass is 10.2. The summed E-state index contributed by atoms with van der Waals surface area (Å²) in [5, 5.41) is 2.82. The Balaban J connectivity index is 1.71. The molecule has 0 saturated heterocycles. The number of aromatic nitrogens is 1. The van der Waals surface area contributed by atoms with Crippen LogP contribution >= 0.6 is 11.3 Å². The molecule has 3 rings (SSSR count). The Kier molecular flexibility index (Phi) is 4.20. The molecule has 22 heavy (non-hydrogen) atoms. The summed E-state index contributed by atoms with van der Waals surface area (Å²) in [5.41, 5.74) is 2.31. The van der Waals surface area contributed by atoms with Gasteiger partial charge in [0.1, 0.15) is 24.2 Å². The van der Waals surface area contributed by atoms with E-state index in [-0.39, 0.29) is 0 Å². The lowest BCUT2D eigenvalue weighted by Crippen LogP contribution is -1.98. The fourth-order valence-corrected chi connectivity index (χ4v) is 2.71. The third-order valence-electron chi connectivity index (χ3n) is 3.02. The molecular weight excluding hydrogens is 302 g/mol. The molecule has 112 valence electrons. The van der Waals surface area contributed by atoms with E-state index in [9.17, 15) is 4.79 Å². The minimum Gasteiger partial charge on any atom is -0.493 e. The Morgan fingerprint density at radius 2 is 2.23 bits per heavy atom. The lowest BCUT2D eigenvalue weighted by molar-refractivity contribution is 0.112. The van der Waals surface area contributed by atoms with Gasteiger partial charge in [0.15, 0.2) is 11.5 Å². The van der Waals surface area contributed by atoms with Gasteiger partial charge in [-0.2, -0.15) is 0 Å². The zero-order chi connectivity index (χ0) is 15.4. The van der Waals surface area contributed by atoms with Crippen molar-refractivity contribution in [2.45, 2.75) is 6.61 Å². The molecule has 0 unspecified atom stereocenters. The van der Waals surface area contributed by atoms with Gasteiger partial charge in [-0.05, 0) is 24.3 Å². The number of methoxy groups -OCH3 is 1. The van der Waals surface area contributed by atoms with Crippen LogP contribution in [0.15, 0.2) is 46.6 Å². The molecule has 0 aliphatic heterocycles. The maximum absolute atomic E-state index is 10.8. The minimum absolute atomic E-state index is 0.325. The van der Waals surface area contributed by atoms with Gasteiger partial charge in [0.25, 0.3) is 0 Å². The maximum Gasteiger partial charge on any atom is 0.161 e. The normalized spacial score (nSPS) is 10.4. The molecule has 2 heterocycles. The summed E-state index contributed by atoms with van der Waals surface area (Å²) in [7, 11) is 1.54. The number of carbonyl (C=O) groups excluding carboxylic acids is 1. The third kappa shape index (κ3) is 3.01. The van der Waals surface area contributed by atoms with Crippen molar-refractivity contribution in [2.24, 2.45) is 0 Å². The molecule has 1 aromatic carbocycles. The highest BCUT2D eigenvalue weighted by Gasteiger charge is 2.09. The molecule has 5 nitrogen and oxygen atoms in total. The Bertz CT molecular complexity index is 764. The molecule has 0 atom stereocenters. The van der Waals surface area contributed by atoms with Crippen molar-refractivity contribution in [3.8, 4) is 22.1 Å². The minimum atomic E-state index is 0.325. The summed E-state index contributed by atoms with van der Waals surface area (Å²) in [5.74, 6) is 1.10. The standard InChI is InChI=1S/C16H13NO4S/c1-19-15-6-11(7-18)2-3-14(15)21-9-13-10-22-16(17-13)12-4-5-20-8-12/h2-8,10H,9H2,1H3. The Hall–Kier alpha value is -2.60. The fourth-order valence-electron chi connectivity index (χ4n) is 1.92. The monoisotopic (exact) mass is 315 g/mol. The lowest BCUT2D eigenvalue weighted by Gasteiger charge is -2.09. The van der Waals surface area contributed by atoms with Crippen LogP contribution in [0.4, 0.5) is 0 Å². The summed E-state index contributed by atoms with van der Waals surface area (Å²) < 4.78 is 16.0. The molecule has 6 heteroatoms. The Morgan fingerprint density at radius 3 is 2.95 bits per heavy atom. The number of hydrogen-bond donors (Lipinski definition) is 0. The van der Waals surface area contributed by atoms with E-state index in [2.05, 4.69) is 4.98 Å². The first-order valence-electron chi connectivity index (χ1n) is 6.53. The second-order valence-electron chi connectivity index (χ2n) is 4.47. The molecule has 0 amide bonds. The van der Waals surface area contributed by atoms with Gasteiger partial charge >= 0.3 is 0 Å². The van der Waals surface area contributed by atoms with Gasteiger partial charge in [-0.1, -0.05) is 0 Å². The van der Waals surface area contributed by atoms with E-state index in [0.717, 1.165) is 22.6 Å². The third-order valence-corrected chi connectivity index (χ3v) is 3.96. The van der Waals surface area contributed by atoms with Crippen LogP contribution in [0, 0.1) is 0 Å². The van der Waals surface area contributed by atoms with Crippen molar-refractivity contribution in [1.29, 1.82) is 0 Å². The van der Waals surface area contributed by atoms with Gasteiger partial charge in [0.2, 0.25) is 0 Å². The zero-order valence-corrected chi connectivity index (χ0v) is 12.6. The average Bonchev–Trinajstić information content (AvgIpc) is 3.23. The van der Waals surface area contributed by atoms with Crippen LogP contribution in [0.2, 0.25) is 0 Å². The Labute approximate surface area is 131 Å². The largest absolute Gasteiger partial charge is 0.493 e. The van der Waals surface area contributed by atoms with Gasteiger partial charge in [0, 0.05) is 16.5 Å². The van der Waals surface area contributed by atoms with E-state index in [1.54, 1.807) is 30.7 Å². The molecule has 2 aromatic heterocycles. The SMILES string of the molecule is COc1cc(C=O)ccc1OCc1csc(-c2ccoc2)n1. The quantitative estimate of drug-likeness (QED) is 0.647. The molecule has 0 bridgehead atoms. The Morgan fingerprint density at radius 1 is 1.32 bits per heavy atom. The van der Waals surface area contributed by atoms with Gasteiger partial charge in [-0.3, -0.25) is 4.79 Å². The van der Waals surface area contributed by atoms with Gasteiger partial charge in [-0.15, -0.1) is 11.3 Å². The van der Waals surface area contributed by atoms with Crippen molar-refractivity contribution in [1.82, 2.24) is 4.98 Å². The van der Waals surface area contributed by atoms with Crippen molar-refractivity contribution < 1.29 is 18.7 Å². The molecule has 0 spiro atoms. The molecule has 0 fully saturated rings. The average molecular weight is 315 g/mol. The molecule has 0 N–H and O–H groups in total. The van der Waals surface area contributed by atoms with Crippen LogP contribution in [-0.2, 0) is 6.61 Å². The van der Waals surface area contributed by atoms with Gasteiger partial charge < -0.3 is 13.9 Å². The molecule has 0 radical (unpaired) electrons. The number of ether oxygens (including phenoxy) is 2. The van der Waals surface area contributed by atoms with Crippen molar-refractivity contribution in [2.75, 3.05) is 7.11 Å². The van der Waals surface area contributed by atoms with E-state index in [1.807, 2.05) is 11.4 Å². The van der Waals surface area contributed by atoms with E-state index < -0.39 is 0 Å². The first-order valence-corrected chi connectivity index (χ1v) is 7.41. The van der Waals surface area contributed by atoms with Crippen LogP contribution in [-0.4, -0.2) is 18.4 Å². The predicted molar refractivity (Wildman–Crippen MR) is 82.5 cm³/mol. The molecular formula is C16H13NO4S. The summed E-state index contributed by atoms with van der Waals surface area (Å²) in [4.78, 5) is 15.3. The van der Waals surface area contributed by atoms with Crippen LogP contribution < -0.4 is 9.47 Å². The highest BCUT2D eigenvalue weighted by Crippen LogP contribution is 2.29. The second kappa shape index (κ2) is 6.44. The summed E-state index contributed by atoms with van der Waals surface area (Å²) >= 11 is 1.53. The van der Waals surface area contributed by atoms with Crippen LogP contribution in [0.25, 0.3) is 10.6 Å². The topological polar surface area (TPSA) is 61.6 Å². The fraction of sp³-hybridized carbons (Fsp3) is 0.125. The van der Waals surface area contributed by atoms with E-state index in [1.165, 1.54) is 18.4 Å². The number of carbonyl (C=O) groups is 1. The highest BCUT2D eigenvalue weighted by atomic mass is 32.1.